The van der Waals surface area contributed by atoms with Crippen LogP contribution in [0.25, 0.3) is 0 Å². The molecule has 2 atom stereocenters. The van der Waals surface area contributed by atoms with E-state index in [0.29, 0.717) is 24.0 Å². The summed E-state index contributed by atoms with van der Waals surface area (Å²) in [6.07, 6.45) is 2.52. The van der Waals surface area contributed by atoms with Gasteiger partial charge in [0.1, 0.15) is 0 Å². The molecule has 2 unspecified atom stereocenters. The first-order chi connectivity index (χ1) is 11.0. The zero-order valence-electron chi connectivity index (χ0n) is 14.0. The van der Waals surface area contributed by atoms with E-state index in [-0.39, 0.29) is 24.6 Å². The smallest absolute Gasteiger partial charge is 0.242 e. The molecule has 23 heavy (non-hydrogen) atoms. The summed E-state index contributed by atoms with van der Waals surface area (Å²) in [6.45, 7) is 6.65. The zero-order valence-corrected chi connectivity index (χ0v) is 14.0. The Morgan fingerprint density at radius 1 is 1.48 bits per heavy atom. The molecule has 1 aliphatic rings. The number of rotatable bonds is 6. The minimum atomic E-state index is -0.162. The van der Waals surface area contributed by atoms with Gasteiger partial charge in [-0.05, 0) is 37.7 Å². The van der Waals surface area contributed by atoms with Crippen molar-refractivity contribution in [3.05, 3.63) is 17.5 Å². The van der Waals surface area contributed by atoms with Crippen molar-refractivity contribution in [1.82, 2.24) is 15.4 Å². The SMILES string of the molecule is Cc1cc(CO)nc(NNC(=O)CC2CCOC(C(C)C)C2)n1. The number of hydrazine groups is 1. The second-order valence-electron chi connectivity index (χ2n) is 6.40. The van der Waals surface area contributed by atoms with Gasteiger partial charge in [0, 0.05) is 18.7 Å². The molecule has 7 heteroatoms. The van der Waals surface area contributed by atoms with Crippen LogP contribution in [0.1, 0.15) is 44.5 Å². The molecule has 1 fully saturated rings. The van der Waals surface area contributed by atoms with E-state index in [2.05, 4.69) is 34.7 Å². The Hall–Kier alpha value is -1.73. The number of aliphatic hydroxyl groups is 1. The highest BCUT2D eigenvalue weighted by molar-refractivity contribution is 5.77. The Kier molecular flexibility index (Phi) is 6.29. The molecule has 1 aromatic rings. The van der Waals surface area contributed by atoms with Crippen LogP contribution in [-0.4, -0.2) is 33.7 Å². The summed E-state index contributed by atoms with van der Waals surface area (Å²) < 4.78 is 5.73. The number of hydrogen-bond donors (Lipinski definition) is 3. The van der Waals surface area contributed by atoms with Gasteiger partial charge in [-0.25, -0.2) is 9.97 Å². The Labute approximate surface area is 136 Å². The van der Waals surface area contributed by atoms with Crippen LogP contribution in [0.3, 0.4) is 0 Å². The minimum absolute atomic E-state index is 0.0879. The first-order valence-corrected chi connectivity index (χ1v) is 8.09. The summed E-state index contributed by atoms with van der Waals surface area (Å²) in [6, 6.07) is 1.70. The maximum atomic E-state index is 12.1. The lowest BCUT2D eigenvalue weighted by molar-refractivity contribution is -0.123. The number of carbonyl (C=O) groups excluding carboxylic acids is 1. The number of carbonyl (C=O) groups is 1. The van der Waals surface area contributed by atoms with Crippen molar-refractivity contribution in [3.63, 3.8) is 0 Å². The van der Waals surface area contributed by atoms with E-state index in [4.69, 9.17) is 9.84 Å². The Bertz CT molecular complexity index is 536. The highest BCUT2D eigenvalue weighted by atomic mass is 16.5. The second-order valence-corrected chi connectivity index (χ2v) is 6.40. The number of nitrogens with one attached hydrogen (secondary N) is 2. The molecular weight excluding hydrogens is 296 g/mol. The molecule has 1 saturated heterocycles. The maximum absolute atomic E-state index is 12.1. The second kappa shape index (κ2) is 8.21. The van der Waals surface area contributed by atoms with Crippen molar-refractivity contribution in [3.8, 4) is 0 Å². The fraction of sp³-hybridized carbons (Fsp3) is 0.688. The quantitative estimate of drug-likeness (QED) is 0.688. The molecule has 0 aliphatic carbocycles. The summed E-state index contributed by atoms with van der Waals surface area (Å²) in [5, 5.41) is 9.13. The summed E-state index contributed by atoms with van der Waals surface area (Å²) in [5.74, 6) is 1.01. The molecule has 128 valence electrons. The molecule has 0 aromatic carbocycles. The van der Waals surface area contributed by atoms with Crippen LogP contribution < -0.4 is 10.9 Å². The van der Waals surface area contributed by atoms with Gasteiger partial charge in [-0.1, -0.05) is 13.8 Å². The van der Waals surface area contributed by atoms with Crippen LogP contribution >= 0.6 is 0 Å². The number of aliphatic hydroxyl groups excluding tert-OH is 1. The number of amides is 1. The lowest BCUT2D eigenvalue weighted by Crippen LogP contribution is -2.35. The van der Waals surface area contributed by atoms with Gasteiger partial charge in [0.2, 0.25) is 11.9 Å². The third kappa shape index (κ3) is 5.44. The Balaban J connectivity index is 1.82. The highest BCUT2D eigenvalue weighted by Gasteiger charge is 2.26. The van der Waals surface area contributed by atoms with Crippen LogP contribution in [0.15, 0.2) is 6.07 Å². The number of anilines is 1. The lowest BCUT2D eigenvalue weighted by atomic mass is 9.88. The average molecular weight is 322 g/mol. The largest absolute Gasteiger partial charge is 0.390 e. The normalized spacial score (nSPS) is 21.3. The van der Waals surface area contributed by atoms with Gasteiger partial charge in [-0.3, -0.25) is 15.6 Å². The molecule has 1 amide bonds. The fourth-order valence-corrected chi connectivity index (χ4v) is 2.76. The topological polar surface area (TPSA) is 96.4 Å². The van der Waals surface area contributed by atoms with E-state index < -0.39 is 0 Å². The van der Waals surface area contributed by atoms with Crippen molar-refractivity contribution in [2.24, 2.45) is 11.8 Å². The van der Waals surface area contributed by atoms with Gasteiger partial charge >= 0.3 is 0 Å². The van der Waals surface area contributed by atoms with E-state index in [9.17, 15) is 4.79 Å². The van der Waals surface area contributed by atoms with E-state index in [1.165, 1.54) is 0 Å². The van der Waals surface area contributed by atoms with Gasteiger partial charge in [0.05, 0.1) is 18.4 Å². The molecule has 2 heterocycles. The zero-order chi connectivity index (χ0) is 16.8. The molecule has 3 N–H and O–H groups in total. The maximum Gasteiger partial charge on any atom is 0.242 e. The van der Waals surface area contributed by atoms with Crippen LogP contribution in [0.2, 0.25) is 0 Å². The van der Waals surface area contributed by atoms with Crippen molar-refractivity contribution >= 4 is 11.9 Å². The lowest BCUT2D eigenvalue weighted by Gasteiger charge is -2.31. The van der Waals surface area contributed by atoms with E-state index >= 15 is 0 Å². The van der Waals surface area contributed by atoms with Gasteiger partial charge in [0.15, 0.2) is 0 Å². The summed E-state index contributed by atoms with van der Waals surface area (Å²) in [7, 11) is 0. The number of aryl methyl sites for hydroxylation is 1. The number of hydrogen-bond acceptors (Lipinski definition) is 6. The monoisotopic (exact) mass is 322 g/mol. The van der Waals surface area contributed by atoms with Crippen molar-refractivity contribution < 1.29 is 14.6 Å². The highest BCUT2D eigenvalue weighted by Crippen LogP contribution is 2.27. The predicted molar refractivity (Wildman–Crippen MR) is 86.4 cm³/mol. The van der Waals surface area contributed by atoms with Gasteiger partial charge < -0.3 is 9.84 Å². The molecular formula is C16H26N4O3. The molecule has 0 radical (unpaired) electrons. The first kappa shape index (κ1) is 17.6. The third-order valence-electron chi connectivity index (χ3n) is 4.02. The fourth-order valence-electron chi connectivity index (χ4n) is 2.76. The molecule has 7 nitrogen and oxygen atoms in total. The Morgan fingerprint density at radius 2 is 2.26 bits per heavy atom. The molecule has 0 bridgehead atoms. The molecule has 1 aromatic heterocycles. The average Bonchev–Trinajstić information content (AvgIpc) is 2.52. The van der Waals surface area contributed by atoms with Gasteiger partial charge in [-0.15, -0.1) is 0 Å². The third-order valence-corrected chi connectivity index (χ3v) is 4.02. The summed E-state index contributed by atoms with van der Waals surface area (Å²) in [5.41, 5.74) is 6.59. The van der Waals surface area contributed by atoms with Crippen LogP contribution in [0.5, 0.6) is 0 Å². The van der Waals surface area contributed by atoms with E-state index in [0.717, 1.165) is 25.1 Å². The van der Waals surface area contributed by atoms with E-state index in [1.807, 2.05) is 6.92 Å². The number of ether oxygens (including phenoxy) is 1. The number of aromatic nitrogens is 2. The molecule has 0 spiro atoms. The predicted octanol–water partition coefficient (Wildman–Crippen LogP) is 1.56. The van der Waals surface area contributed by atoms with Crippen molar-refractivity contribution in [2.75, 3.05) is 12.0 Å². The van der Waals surface area contributed by atoms with Crippen LogP contribution in [0.4, 0.5) is 5.95 Å². The summed E-state index contributed by atoms with van der Waals surface area (Å²) >= 11 is 0. The van der Waals surface area contributed by atoms with Crippen molar-refractivity contribution in [2.45, 2.75) is 52.7 Å². The van der Waals surface area contributed by atoms with Gasteiger partial charge in [0.25, 0.3) is 0 Å². The Morgan fingerprint density at radius 3 is 2.96 bits per heavy atom. The van der Waals surface area contributed by atoms with Crippen LogP contribution in [-0.2, 0) is 16.1 Å². The minimum Gasteiger partial charge on any atom is -0.390 e. The molecule has 0 saturated carbocycles. The first-order valence-electron chi connectivity index (χ1n) is 8.09. The van der Waals surface area contributed by atoms with E-state index in [1.54, 1.807) is 6.07 Å². The standard InChI is InChI=1S/C16H26N4O3/c1-10(2)14-7-12(4-5-23-14)8-15(22)19-20-16-17-11(3)6-13(9-21)18-16/h6,10,12,14,21H,4-5,7-9H2,1-3H3,(H,19,22)(H,17,18,20). The van der Waals surface area contributed by atoms with Crippen molar-refractivity contribution in [1.29, 1.82) is 0 Å². The summed E-state index contributed by atoms with van der Waals surface area (Å²) in [4.78, 5) is 20.3. The van der Waals surface area contributed by atoms with Crippen LogP contribution in [0, 0.1) is 18.8 Å². The molecule has 1 aliphatic heterocycles. The van der Waals surface area contributed by atoms with Gasteiger partial charge in [-0.2, -0.15) is 0 Å². The number of nitrogens with zero attached hydrogens (tertiary/aromatic N) is 2. The molecule has 2 rings (SSSR count).